The highest BCUT2D eigenvalue weighted by atomic mass is 16.2. The van der Waals surface area contributed by atoms with Crippen LogP contribution in [0, 0.1) is 12.8 Å². The van der Waals surface area contributed by atoms with Crippen molar-refractivity contribution >= 4 is 17.5 Å². The molecule has 1 heterocycles. The van der Waals surface area contributed by atoms with Gasteiger partial charge in [-0.1, -0.05) is 31.5 Å². The number of anilines is 1. The van der Waals surface area contributed by atoms with E-state index >= 15 is 0 Å². The number of hydrogen-bond donors (Lipinski definition) is 2. The monoisotopic (exact) mass is 314 g/mol. The van der Waals surface area contributed by atoms with Crippen molar-refractivity contribution in [2.45, 2.75) is 20.8 Å². The van der Waals surface area contributed by atoms with E-state index in [0.717, 1.165) is 5.56 Å². The van der Waals surface area contributed by atoms with E-state index in [1.54, 1.807) is 19.2 Å². The van der Waals surface area contributed by atoms with Gasteiger partial charge in [-0.2, -0.15) is 5.10 Å². The lowest BCUT2D eigenvalue weighted by atomic mass is 10.1. The van der Waals surface area contributed by atoms with Crippen molar-refractivity contribution in [1.82, 2.24) is 15.1 Å². The maximum Gasteiger partial charge on any atom is 0.271 e. The van der Waals surface area contributed by atoms with Crippen molar-refractivity contribution in [1.29, 1.82) is 0 Å². The zero-order valence-corrected chi connectivity index (χ0v) is 13.9. The van der Waals surface area contributed by atoms with Gasteiger partial charge < -0.3 is 10.6 Å². The maximum absolute atomic E-state index is 12.3. The fraction of sp³-hybridized carbons (Fsp3) is 0.353. The second-order valence-corrected chi connectivity index (χ2v) is 5.95. The van der Waals surface area contributed by atoms with Gasteiger partial charge in [0.1, 0.15) is 5.69 Å². The molecule has 0 fully saturated rings. The van der Waals surface area contributed by atoms with E-state index in [9.17, 15) is 9.59 Å². The zero-order chi connectivity index (χ0) is 17.0. The number of aryl methyl sites for hydroxylation is 2. The van der Waals surface area contributed by atoms with Gasteiger partial charge in [0.2, 0.25) is 0 Å². The van der Waals surface area contributed by atoms with Gasteiger partial charge in [-0.25, -0.2) is 0 Å². The molecule has 6 nitrogen and oxygen atoms in total. The van der Waals surface area contributed by atoms with E-state index < -0.39 is 0 Å². The van der Waals surface area contributed by atoms with Crippen LogP contribution in [0.25, 0.3) is 0 Å². The molecule has 0 atom stereocenters. The Labute approximate surface area is 135 Å². The summed E-state index contributed by atoms with van der Waals surface area (Å²) in [6, 6.07) is 7.24. The van der Waals surface area contributed by atoms with E-state index in [1.165, 1.54) is 10.9 Å². The summed E-state index contributed by atoms with van der Waals surface area (Å²) in [7, 11) is 1.67. The molecule has 0 aliphatic heterocycles. The Morgan fingerprint density at radius 3 is 2.43 bits per heavy atom. The van der Waals surface area contributed by atoms with Crippen LogP contribution in [0.4, 0.5) is 5.69 Å². The number of amides is 2. The Balaban J connectivity index is 2.16. The number of nitrogens with zero attached hydrogens (tertiary/aromatic N) is 2. The topological polar surface area (TPSA) is 76.0 Å². The van der Waals surface area contributed by atoms with Crippen LogP contribution >= 0.6 is 0 Å². The smallest absolute Gasteiger partial charge is 0.271 e. The van der Waals surface area contributed by atoms with Gasteiger partial charge in [0, 0.05) is 19.2 Å². The molecule has 122 valence electrons. The number of hydrogen-bond acceptors (Lipinski definition) is 3. The van der Waals surface area contributed by atoms with Crippen LogP contribution in [0.2, 0.25) is 0 Å². The normalized spacial score (nSPS) is 10.7. The molecule has 0 aliphatic rings. The lowest BCUT2D eigenvalue weighted by molar-refractivity contribution is 0.0940. The molecular formula is C17H22N4O2. The molecule has 0 spiro atoms. The van der Waals surface area contributed by atoms with Crippen LogP contribution in [0.5, 0.6) is 0 Å². The SMILES string of the molecule is Cc1ccc(C(=O)Nc2cnn(C)c2C(=O)NCC(C)C)cc1. The Kier molecular flexibility index (Phi) is 5.16. The lowest BCUT2D eigenvalue weighted by Gasteiger charge is -2.10. The molecule has 2 rings (SSSR count). The van der Waals surface area contributed by atoms with Crippen molar-refractivity contribution in [2.75, 3.05) is 11.9 Å². The van der Waals surface area contributed by atoms with Crippen LogP contribution in [-0.2, 0) is 7.05 Å². The molecular weight excluding hydrogens is 292 g/mol. The predicted octanol–water partition coefficient (Wildman–Crippen LogP) is 2.37. The van der Waals surface area contributed by atoms with Crippen LogP contribution in [0.15, 0.2) is 30.5 Å². The fourth-order valence-corrected chi connectivity index (χ4v) is 2.08. The fourth-order valence-electron chi connectivity index (χ4n) is 2.08. The summed E-state index contributed by atoms with van der Waals surface area (Å²) in [6.07, 6.45) is 1.48. The van der Waals surface area contributed by atoms with E-state index in [1.807, 2.05) is 32.9 Å². The molecule has 0 radical (unpaired) electrons. The summed E-state index contributed by atoms with van der Waals surface area (Å²) >= 11 is 0. The van der Waals surface area contributed by atoms with Gasteiger partial charge in [0.25, 0.3) is 11.8 Å². The molecule has 0 bridgehead atoms. The Hall–Kier alpha value is -2.63. The first-order valence-corrected chi connectivity index (χ1v) is 7.56. The van der Waals surface area contributed by atoms with Gasteiger partial charge >= 0.3 is 0 Å². The number of rotatable bonds is 5. The minimum atomic E-state index is -0.268. The summed E-state index contributed by atoms with van der Waals surface area (Å²) in [5, 5.41) is 9.65. The molecule has 0 saturated carbocycles. The predicted molar refractivity (Wildman–Crippen MR) is 89.5 cm³/mol. The minimum Gasteiger partial charge on any atom is -0.350 e. The third-order valence-electron chi connectivity index (χ3n) is 3.39. The minimum absolute atomic E-state index is 0.252. The highest BCUT2D eigenvalue weighted by Crippen LogP contribution is 2.16. The molecule has 6 heteroatoms. The van der Waals surface area contributed by atoms with Crippen LogP contribution in [-0.4, -0.2) is 28.1 Å². The van der Waals surface area contributed by atoms with Gasteiger partial charge in [-0.05, 0) is 25.0 Å². The maximum atomic E-state index is 12.3. The molecule has 0 aliphatic carbocycles. The van der Waals surface area contributed by atoms with E-state index in [0.29, 0.717) is 29.4 Å². The van der Waals surface area contributed by atoms with Crippen LogP contribution < -0.4 is 10.6 Å². The van der Waals surface area contributed by atoms with Gasteiger partial charge in [-0.15, -0.1) is 0 Å². The Bertz CT molecular complexity index is 702. The molecule has 1 aromatic heterocycles. The molecule has 2 amide bonds. The summed E-state index contributed by atoms with van der Waals surface area (Å²) in [4.78, 5) is 24.6. The molecule has 23 heavy (non-hydrogen) atoms. The summed E-state index contributed by atoms with van der Waals surface area (Å²) in [5.74, 6) is -0.174. The van der Waals surface area contributed by atoms with Gasteiger partial charge in [0.15, 0.2) is 0 Å². The first-order valence-electron chi connectivity index (χ1n) is 7.56. The summed E-state index contributed by atoms with van der Waals surface area (Å²) < 4.78 is 1.46. The second kappa shape index (κ2) is 7.09. The average molecular weight is 314 g/mol. The van der Waals surface area contributed by atoms with E-state index in [4.69, 9.17) is 0 Å². The first kappa shape index (κ1) is 16.7. The molecule has 2 aromatic rings. The Morgan fingerprint density at radius 2 is 1.83 bits per heavy atom. The van der Waals surface area contributed by atoms with Crippen molar-refractivity contribution in [3.8, 4) is 0 Å². The third kappa shape index (κ3) is 4.18. The molecule has 2 N–H and O–H groups in total. The van der Waals surface area contributed by atoms with E-state index in [2.05, 4.69) is 15.7 Å². The van der Waals surface area contributed by atoms with Crippen molar-refractivity contribution in [3.05, 3.63) is 47.3 Å². The third-order valence-corrected chi connectivity index (χ3v) is 3.39. The number of carbonyl (C=O) groups is 2. The molecule has 0 unspecified atom stereocenters. The summed E-state index contributed by atoms with van der Waals surface area (Å²) in [5.41, 5.74) is 2.36. The van der Waals surface area contributed by atoms with E-state index in [-0.39, 0.29) is 11.8 Å². The van der Waals surface area contributed by atoms with Crippen molar-refractivity contribution in [2.24, 2.45) is 13.0 Å². The number of nitrogens with one attached hydrogen (secondary N) is 2. The average Bonchev–Trinajstić information content (AvgIpc) is 2.86. The lowest BCUT2D eigenvalue weighted by Crippen LogP contribution is -2.30. The standard InChI is InChI=1S/C17H22N4O2/c1-11(2)9-18-17(23)15-14(10-19-21(15)4)20-16(22)13-7-5-12(3)6-8-13/h5-8,10-11H,9H2,1-4H3,(H,18,23)(H,20,22). The summed E-state index contributed by atoms with van der Waals surface area (Å²) in [6.45, 7) is 6.56. The second-order valence-electron chi connectivity index (χ2n) is 5.95. The number of aromatic nitrogens is 2. The zero-order valence-electron chi connectivity index (χ0n) is 13.9. The Morgan fingerprint density at radius 1 is 1.17 bits per heavy atom. The molecule has 0 saturated heterocycles. The first-order chi connectivity index (χ1) is 10.9. The number of benzene rings is 1. The van der Waals surface area contributed by atoms with Crippen LogP contribution in [0.1, 0.15) is 40.3 Å². The van der Waals surface area contributed by atoms with Crippen molar-refractivity contribution in [3.63, 3.8) is 0 Å². The van der Waals surface area contributed by atoms with Crippen LogP contribution in [0.3, 0.4) is 0 Å². The van der Waals surface area contributed by atoms with Crippen molar-refractivity contribution < 1.29 is 9.59 Å². The highest BCUT2D eigenvalue weighted by Gasteiger charge is 2.19. The molecule has 1 aromatic carbocycles. The van der Waals surface area contributed by atoms with Gasteiger partial charge in [-0.3, -0.25) is 14.3 Å². The quantitative estimate of drug-likeness (QED) is 0.889. The highest BCUT2D eigenvalue weighted by molar-refractivity contribution is 6.08. The van der Waals surface area contributed by atoms with Gasteiger partial charge in [0.05, 0.1) is 11.9 Å². The number of carbonyl (C=O) groups excluding carboxylic acids is 2. The largest absolute Gasteiger partial charge is 0.350 e.